The first-order valence-corrected chi connectivity index (χ1v) is 7.41. The maximum Gasteiger partial charge on any atom is 0.417 e. The van der Waals surface area contributed by atoms with Crippen LogP contribution in [0.15, 0.2) is 30.3 Å². The van der Waals surface area contributed by atoms with Crippen LogP contribution in [-0.4, -0.2) is 29.2 Å². The van der Waals surface area contributed by atoms with E-state index in [-0.39, 0.29) is 18.4 Å². The number of rotatable bonds is 5. The number of aldehydes is 1. The molecule has 1 saturated heterocycles. The number of ether oxygens (including phenoxy) is 1. The minimum absolute atomic E-state index is 0.290. The lowest BCUT2D eigenvalue weighted by molar-refractivity contribution is -0.138. The van der Waals surface area contributed by atoms with Crippen LogP contribution < -0.4 is 0 Å². The van der Waals surface area contributed by atoms with E-state index in [1.165, 1.54) is 4.90 Å². The molecule has 0 bridgehead atoms. The summed E-state index contributed by atoms with van der Waals surface area (Å²) in [5.41, 5.74) is 0.0871. The van der Waals surface area contributed by atoms with Gasteiger partial charge in [0.2, 0.25) is 5.91 Å². The summed E-state index contributed by atoms with van der Waals surface area (Å²) in [4.78, 5) is 36.6. The topological polar surface area (TPSA) is 63.7 Å². The smallest absolute Gasteiger partial charge is 0.417 e. The first kappa shape index (κ1) is 16.2. The molecule has 0 N–H and O–H groups in total. The van der Waals surface area contributed by atoms with Crippen molar-refractivity contribution in [2.45, 2.75) is 45.8 Å². The maximum atomic E-state index is 12.7. The average Bonchev–Trinajstić information content (AvgIpc) is 2.80. The summed E-state index contributed by atoms with van der Waals surface area (Å²) in [5, 5.41) is 0. The largest absolute Gasteiger partial charge is 0.439 e. The van der Waals surface area contributed by atoms with Crippen LogP contribution in [0.5, 0.6) is 0 Å². The van der Waals surface area contributed by atoms with Crippen LogP contribution >= 0.6 is 0 Å². The molecule has 1 aromatic carbocycles. The van der Waals surface area contributed by atoms with Gasteiger partial charge in [-0.05, 0) is 18.9 Å². The molecule has 5 nitrogen and oxygen atoms in total. The van der Waals surface area contributed by atoms with Gasteiger partial charge in [0.05, 0.1) is 6.04 Å². The zero-order valence-electron chi connectivity index (χ0n) is 13.1. The number of hydrogen-bond acceptors (Lipinski definition) is 4. The van der Waals surface area contributed by atoms with Crippen LogP contribution in [0.2, 0.25) is 0 Å². The van der Waals surface area contributed by atoms with Crippen molar-refractivity contribution in [2.75, 3.05) is 0 Å². The minimum atomic E-state index is -0.778. The van der Waals surface area contributed by atoms with Crippen molar-refractivity contribution in [3.63, 3.8) is 0 Å². The summed E-state index contributed by atoms with van der Waals surface area (Å²) in [7, 11) is 0. The van der Waals surface area contributed by atoms with Crippen molar-refractivity contribution in [2.24, 2.45) is 5.41 Å². The van der Waals surface area contributed by atoms with E-state index in [2.05, 4.69) is 0 Å². The van der Waals surface area contributed by atoms with Gasteiger partial charge >= 0.3 is 6.09 Å². The van der Waals surface area contributed by atoms with E-state index in [1.807, 2.05) is 30.3 Å². The van der Waals surface area contributed by atoms with E-state index in [4.69, 9.17) is 4.74 Å². The molecule has 22 heavy (non-hydrogen) atoms. The monoisotopic (exact) mass is 303 g/mol. The summed E-state index contributed by atoms with van der Waals surface area (Å²) in [6.45, 7) is 5.29. The molecule has 2 atom stereocenters. The Bertz CT molecular complexity index is 567. The number of amides is 2. The lowest BCUT2D eigenvalue weighted by atomic mass is 9.86. The summed E-state index contributed by atoms with van der Waals surface area (Å²) in [6.07, 6.45) is 0.401. The van der Waals surface area contributed by atoms with E-state index in [1.54, 1.807) is 20.8 Å². The van der Waals surface area contributed by atoms with Crippen molar-refractivity contribution in [1.82, 2.24) is 4.90 Å². The molecule has 1 aliphatic heterocycles. The molecule has 1 heterocycles. The highest BCUT2D eigenvalue weighted by Crippen LogP contribution is 2.36. The fraction of sp³-hybridized carbons (Fsp3) is 0.471. The lowest BCUT2D eigenvalue weighted by Gasteiger charge is -2.29. The highest BCUT2D eigenvalue weighted by atomic mass is 16.6. The molecule has 0 radical (unpaired) electrons. The zero-order valence-corrected chi connectivity index (χ0v) is 13.1. The molecule has 0 aromatic heterocycles. The van der Waals surface area contributed by atoms with Gasteiger partial charge < -0.3 is 9.53 Å². The van der Waals surface area contributed by atoms with Crippen molar-refractivity contribution in [3.05, 3.63) is 35.9 Å². The summed E-state index contributed by atoms with van der Waals surface area (Å²) < 4.78 is 5.39. The molecule has 1 fully saturated rings. The molecule has 2 rings (SSSR count). The van der Waals surface area contributed by atoms with Crippen LogP contribution in [0.25, 0.3) is 0 Å². The molecular formula is C17H21NO4. The second kappa shape index (κ2) is 6.30. The van der Waals surface area contributed by atoms with Crippen LogP contribution in [-0.2, 0) is 14.3 Å². The molecule has 2 amide bonds. The lowest BCUT2D eigenvalue weighted by Crippen LogP contribution is -2.45. The Morgan fingerprint density at radius 3 is 2.55 bits per heavy atom. The Morgan fingerprint density at radius 1 is 1.32 bits per heavy atom. The molecule has 2 unspecified atom stereocenters. The number of imide groups is 1. The van der Waals surface area contributed by atoms with Crippen molar-refractivity contribution >= 4 is 18.3 Å². The highest BCUT2D eigenvalue weighted by molar-refractivity contribution is 5.96. The molecule has 0 spiro atoms. The third-order valence-electron chi connectivity index (χ3n) is 4.08. The Labute approximate surface area is 130 Å². The van der Waals surface area contributed by atoms with Crippen LogP contribution in [0, 0.1) is 5.41 Å². The molecular weight excluding hydrogens is 282 g/mol. The summed E-state index contributed by atoms with van der Waals surface area (Å²) >= 11 is 0. The van der Waals surface area contributed by atoms with Crippen LogP contribution in [0.1, 0.15) is 45.3 Å². The van der Waals surface area contributed by atoms with E-state index in [0.717, 1.165) is 11.8 Å². The maximum absolute atomic E-state index is 12.7. The van der Waals surface area contributed by atoms with E-state index >= 15 is 0 Å². The van der Waals surface area contributed by atoms with Gasteiger partial charge in [-0.2, -0.15) is 0 Å². The van der Waals surface area contributed by atoms with Crippen molar-refractivity contribution in [3.8, 4) is 0 Å². The number of carbonyl (C=O) groups excluding carboxylic acids is 3. The standard InChI is InChI=1S/C17H21NO4/c1-12-14(13-8-5-4-6-9-13)22-16(21)18(12)15(20)17(2,3)10-7-11-19/h4-6,8-9,11-12,14H,7,10H2,1-3H3. The van der Waals surface area contributed by atoms with E-state index < -0.39 is 17.6 Å². The van der Waals surface area contributed by atoms with Gasteiger partial charge in [0, 0.05) is 11.8 Å². The number of carbonyl (C=O) groups is 3. The van der Waals surface area contributed by atoms with Gasteiger partial charge in [0.1, 0.15) is 12.4 Å². The average molecular weight is 303 g/mol. The van der Waals surface area contributed by atoms with Crippen LogP contribution in [0.3, 0.4) is 0 Å². The number of benzene rings is 1. The third-order valence-corrected chi connectivity index (χ3v) is 4.08. The Kier molecular flexibility index (Phi) is 4.64. The quantitative estimate of drug-likeness (QED) is 0.784. The molecule has 5 heteroatoms. The second-order valence-corrected chi connectivity index (χ2v) is 6.22. The van der Waals surface area contributed by atoms with Crippen molar-refractivity contribution in [1.29, 1.82) is 0 Å². The second-order valence-electron chi connectivity index (χ2n) is 6.22. The zero-order chi connectivity index (χ0) is 16.3. The van der Waals surface area contributed by atoms with Gasteiger partial charge in [-0.1, -0.05) is 44.2 Å². The minimum Gasteiger partial charge on any atom is -0.439 e. The third kappa shape index (κ3) is 3.03. The highest BCUT2D eigenvalue weighted by Gasteiger charge is 2.47. The predicted octanol–water partition coefficient (Wildman–Crippen LogP) is 3.10. The van der Waals surface area contributed by atoms with E-state index in [9.17, 15) is 14.4 Å². The van der Waals surface area contributed by atoms with Gasteiger partial charge in [0.25, 0.3) is 0 Å². The summed E-state index contributed by atoms with van der Waals surface area (Å²) in [5.74, 6) is -0.301. The first-order valence-electron chi connectivity index (χ1n) is 7.41. The first-order chi connectivity index (χ1) is 10.4. The Hall–Kier alpha value is -2.17. The van der Waals surface area contributed by atoms with Gasteiger partial charge in [-0.25, -0.2) is 9.69 Å². The fourth-order valence-corrected chi connectivity index (χ4v) is 2.68. The predicted molar refractivity (Wildman–Crippen MR) is 81.1 cm³/mol. The normalized spacial score (nSPS) is 21.6. The fourth-order valence-electron chi connectivity index (χ4n) is 2.68. The SMILES string of the molecule is CC1C(c2ccccc2)OC(=O)N1C(=O)C(C)(C)CCC=O. The molecule has 0 aliphatic carbocycles. The molecule has 1 aliphatic rings. The van der Waals surface area contributed by atoms with Gasteiger partial charge in [-0.3, -0.25) is 4.79 Å². The van der Waals surface area contributed by atoms with Crippen molar-refractivity contribution < 1.29 is 19.1 Å². The van der Waals surface area contributed by atoms with Gasteiger partial charge in [-0.15, -0.1) is 0 Å². The summed E-state index contributed by atoms with van der Waals surface area (Å²) in [6, 6.07) is 9.00. The molecule has 1 aromatic rings. The number of hydrogen-bond donors (Lipinski definition) is 0. The van der Waals surface area contributed by atoms with Gasteiger partial charge in [0.15, 0.2) is 0 Å². The Morgan fingerprint density at radius 2 is 1.95 bits per heavy atom. The van der Waals surface area contributed by atoms with Crippen LogP contribution in [0.4, 0.5) is 4.79 Å². The van der Waals surface area contributed by atoms with E-state index in [0.29, 0.717) is 6.42 Å². The molecule has 0 saturated carbocycles. The molecule has 118 valence electrons. The number of nitrogens with zero attached hydrogens (tertiary/aromatic N) is 1. The Balaban J connectivity index is 2.20. The number of cyclic esters (lactones) is 1.